The van der Waals surface area contributed by atoms with Crippen LogP contribution in [0.1, 0.15) is 37.1 Å². The topological polar surface area (TPSA) is 67.3 Å². The molecular formula is C21H28N4O2. The number of rotatable bonds is 6. The van der Waals surface area contributed by atoms with Crippen molar-refractivity contribution in [2.75, 3.05) is 31.2 Å². The number of aryl methyl sites for hydroxylation is 1. The summed E-state index contributed by atoms with van der Waals surface area (Å²) in [5.41, 5.74) is 5.37. The lowest BCUT2D eigenvalue weighted by molar-refractivity contribution is -0.119. The van der Waals surface area contributed by atoms with Gasteiger partial charge < -0.3 is 15.0 Å². The Morgan fingerprint density at radius 3 is 2.74 bits per heavy atom. The predicted octanol–water partition coefficient (Wildman–Crippen LogP) is 2.88. The van der Waals surface area contributed by atoms with Gasteiger partial charge in [0, 0.05) is 37.8 Å². The van der Waals surface area contributed by atoms with Crippen molar-refractivity contribution in [3.8, 4) is 11.3 Å². The minimum Gasteiger partial charge on any atom is -0.378 e. The van der Waals surface area contributed by atoms with E-state index < -0.39 is 0 Å². The first kappa shape index (κ1) is 19.3. The van der Waals surface area contributed by atoms with Crippen LogP contribution in [0.3, 0.4) is 0 Å². The summed E-state index contributed by atoms with van der Waals surface area (Å²) in [4.78, 5) is 23.2. The van der Waals surface area contributed by atoms with E-state index in [1.807, 2.05) is 12.1 Å². The molecule has 1 amide bonds. The zero-order chi connectivity index (χ0) is 19.2. The fourth-order valence-corrected chi connectivity index (χ4v) is 3.33. The third-order valence-corrected chi connectivity index (χ3v) is 4.74. The monoisotopic (exact) mass is 368 g/mol. The Morgan fingerprint density at radius 1 is 1.26 bits per heavy atom. The second-order valence-corrected chi connectivity index (χ2v) is 6.90. The third kappa shape index (κ3) is 4.83. The Hall–Kier alpha value is -2.47. The van der Waals surface area contributed by atoms with Gasteiger partial charge >= 0.3 is 0 Å². The molecule has 0 unspecified atom stereocenters. The van der Waals surface area contributed by atoms with Crippen molar-refractivity contribution in [2.24, 2.45) is 0 Å². The molecule has 0 bridgehead atoms. The maximum absolute atomic E-state index is 11.2. The largest absolute Gasteiger partial charge is 0.378 e. The van der Waals surface area contributed by atoms with Crippen molar-refractivity contribution in [1.29, 1.82) is 0 Å². The molecule has 1 aliphatic heterocycles. The third-order valence-electron chi connectivity index (χ3n) is 4.74. The number of carbonyl (C=O) groups excluding carboxylic acids is 1. The van der Waals surface area contributed by atoms with Crippen molar-refractivity contribution in [2.45, 2.75) is 40.2 Å². The summed E-state index contributed by atoms with van der Waals surface area (Å²) in [6.07, 6.45) is 1.99. The van der Waals surface area contributed by atoms with Crippen LogP contribution in [-0.4, -0.2) is 42.2 Å². The van der Waals surface area contributed by atoms with Crippen molar-refractivity contribution >= 4 is 11.9 Å². The predicted molar refractivity (Wildman–Crippen MR) is 107 cm³/mol. The number of nitrogens with one attached hydrogen (secondary N) is 1. The Kier molecular flexibility index (Phi) is 6.40. The lowest BCUT2D eigenvalue weighted by Crippen LogP contribution is -2.37. The van der Waals surface area contributed by atoms with Crippen LogP contribution in [0, 0.1) is 6.92 Å². The van der Waals surface area contributed by atoms with Crippen molar-refractivity contribution < 1.29 is 9.53 Å². The number of aromatic nitrogens is 2. The second-order valence-electron chi connectivity index (χ2n) is 6.90. The summed E-state index contributed by atoms with van der Waals surface area (Å²) >= 11 is 0. The number of carbonyl (C=O) groups is 1. The molecule has 2 aromatic rings. The smallest absolute Gasteiger partial charge is 0.226 e. The van der Waals surface area contributed by atoms with Crippen LogP contribution in [0.15, 0.2) is 24.3 Å². The van der Waals surface area contributed by atoms with E-state index in [2.05, 4.69) is 36.2 Å². The molecule has 0 saturated carbocycles. The molecule has 6 nitrogen and oxygen atoms in total. The van der Waals surface area contributed by atoms with Gasteiger partial charge in [-0.1, -0.05) is 31.5 Å². The SMILES string of the molecule is CCCc1c(C)nc(N2CCOCC2)nc1-c1cccc(CNC(C)=O)c1. The van der Waals surface area contributed by atoms with Crippen LogP contribution >= 0.6 is 0 Å². The van der Waals surface area contributed by atoms with Gasteiger partial charge in [-0.15, -0.1) is 0 Å². The lowest BCUT2D eigenvalue weighted by atomic mass is 9.99. The molecule has 0 atom stereocenters. The highest BCUT2D eigenvalue weighted by Crippen LogP contribution is 2.28. The molecule has 1 aromatic carbocycles. The van der Waals surface area contributed by atoms with Gasteiger partial charge in [0.2, 0.25) is 11.9 Å². The van der Waals surface area contributed by atoms with E-state index in [1.54, 1.807) is 0 Å². The Bertz CT molecular complexity index is 801. The summed E-state index contributed by atoms with van der Waals surface area (Å²) in [6, 6.07) is 8.24. The van der Waals surface area contributed by atoms with E-state index in [9.17, 15) is 4.79 Å². The highest BCUT2D eigenvalue weighted by Gasteiger charge is 2.19. The Balaban J connectivity index is 2.00. The average Bonchev–Trinajstić information content (AvgIpc) is 2.69. The van der Waals surface area contributed by atoms with Crippen LogP contribution in [0.4, 0.5) is 5.95 Å². The van der Waals surface area contributed by atoms with Crippen molar-refractivity contribution in [3.05, 3.63) is 41.1 Å². The first-order valence-corrected chi connectivity index (χ1v) is 9.62. The molecule has 6 heteroatoms. The number of nitrogens with zero attached hydrogens (tertiary/aromatic N) is 3. The molecule has 1 fully saturated rings. The van der Waals surface area contributed by atoms with Gasteiger partial charge in [-0.25, -0.2) is 9.97 Å². The molecule has 27 heavy (non-hydrogen) atoms. The maximum Gasteiger partial charge on any atom is 0.226 e. The van der Waals surface area contributed by atoms with Gasteiger partial charge in [-0.3, -0.25) is 4.79 Å². The summed E-state index contributed by atoms with van der Waals surface area (Å²) in [6.45, 7) is 9.34. The fourth-order valence-electron chi connectivity index (χ4n) is 3.33. The summed E-state index contributed by atoms with van der Waals surface area (Å²) < 4.78 is 5.46. The summed E-state index contributed by atoms with van der Waals surface area (Å²) in [5, 5.41) is 2.86. The van der Waals surface area contributed by atoms with Crippen LogP contribution in [0.2, 0.25) is 0 Å². The standard InChI is InChI=1S/C21H28N4O2/c1-4-6-19-15(2)23-21(25-9-11-27-12-10-25)24-20(19)18-8-5-7-17(13-18)14-22-16(3)26/h5,7-8,13H,4,6,9-12,14H2,1-3H3,(H,22,26). The molecule has 0 aliphatic carbocycles. The number of anilines is 1. The summed E-state index contributed by atoms with van der Waals surface area (Å²) in [5.74, 6) is 0.748. The maximum atomic E-state index is 11.2. The highest BCUT2D eigenvalue weighted by molar-refractivity contribution is 5.73. The molecule has 1 saturated heterocycles. The highest BCUT2D eigenvalue weighted by atomic mass is 16.5. The molecule has 3 rings (SSSR count). The minimum atomic E-state index is -0.0282. The van der Waals surface area contributed by atoms with E-state index in [1.165, 1.54) is 12.5 Å². The van der Waals surface area contributed by atoms with Crippen LogP contribution in [0.25, 0.3) is 11.3 Å². The van der Waals surface area contributed by atoms with Gasteiger partial charge in [0.1, 0.15) is 0 Å². The minimum absolute atomic E-state index is 0.0282. The zero-order valence-corrected chi connectivity index (χ0v) is 16.4. The van der Waals surface area contributed by atoms with Gasteiger partial charge in [-0.2, -0.15) is 0 Å². The Morgan fingerprint density at radius 2 is 2.04 bits per heavy atom. The molecule has 144 valence electrons. The molecule has 2 heterocycles. The van der Waals surface area contributed by atoms with Crippen LogP contribution < -0.4 is 10.2 Å². The lowest BCUT2D eigenvalue weighted by Gasteiger charge is -2.28. The first-order valence-electron chi connectivity index (χ1n) is 9.62. The molecule has 1 aliphatic rings. The number of benzene rings is 1. The number of hydrogen-bond donors (Lipinski definition) is 1. The zero-order valence-electron chi connectivity index (χ0n) is 16.4. The van der Waals surface area contributed by atoms with Crippen molar-refractivity contribution in [1.82, 2.24) is 15.3 Å². The number of amides is 1. The molecule has 0 spiro atoms. The van der Waals surface area contributed by atoms with E-state index in [-0.39, 0.29) is 5.91 Å². The quantitative estimate of drug-likeness (QED) is 0.849. The van der Waals surface area contributed by atoms with E-state index in [0.29, 0.717) is 19.8 Å². The molecule has 1 aromatic heterocycles. The molecule has 1 N–H and O–H groups in total. The van der Waals surface area contributed by atoms with Gasteiger partial charge in [0.15, 0.2) is 0 Å². The number of ether oxygens (including phenoxy) is 1. The normalized spacial score (nSPS) is 14.3. The second kappa shape index (κ2) is 8.95. The van der Waals surface area contributed by atoms with Crippen molar-refractivity contribution in [3.63, 3.8) is 0 Å². The number of hydrogen-bond acceptors (Lipinski definition) is 5. The van der Waals surface area contributed by atoms with Gasteiger partial charge in [-0.05, 0) is 30.5 Å². The van der Waals surface area contributed by atoms with E-state index in [0.717, 1.165) is 54.4 Å². The van der Waals surface area contributed by atoms with Gasteiger partial charge in [0.05, 0.1) is 18.9 Å². The Labute approximate surface area is 161 Å². The van der Waals surface area contributed by atoms with Crippen LogP contribution in [0.5, 0.6) is 0 Å². The average molecular weight is 368 g/mol. The van der Waals surface area contributed by atoms with Crippen LogP contribution in [-0.2, 0) is 22.5 Å². The summed E-state index contributed by atoms with van der Waals surface area (Å²) in [7, 11) is 0. The van der Waals surface area contributed by atoms with Gasteiger partial charge in [0.25, 0.3) is 0 Å². The molecular weight excluding hydrogens is 340 g/mol. The fraction of sp³-hybridized carbons (Fsp3) is 0.476. The first-order chi connectivity index (χ1) is 13.1. The van der Waals surface area contributed by atoms with E-state index >= 15 is 0 Å². The number of morpholine rings is 1. The van der Waals surface area contributed by atoms with E-state index in [4.69, 9.17) is 14.7 Å². The molecule has 0 radical (unpaired) electrons.